The number of ether oxygens (including phenoxy) is 1. The number of rotatable bonds is 3. The molecular formula is C10H10ClN3O2. The van der Waals surface area contributed by atoms with Crippen molar-refractivity contribution in [1.82, 2.24) is 10.1 Å². The molecule has 0 saturated heterocycles. The lowest BCUT2D eigenvalue weighted by Gasteiger charge is -2.02. The lowest BCUT2D eigenvalue weighted by Crippen LogP contribution is -1.95. The van der Waals surface area contributed by atoms with E-state index < -0.39 is 0 Å². The Bertz CT molecular complexity index is 499. The zero-order valence-electron chi connectivity index (χ0n) is 8.61. The predicted octanol–water partition coefficient (Wildman–Crippen LogP) is 1.86. The Kier molecular flexibility index (Phi) is 3.07. The first-order valence-corrected chi connectivity index (χ1v) is 4.99. The fraction of sp³-hybridized carbons (Fsp3) is 0.200. The second-order valence-corrected chi connectivity index (χ2v) is 3.47. The van der Waals surface area contributed by atoms with E-state index in [0.29, 0.717) is 28.1 Å². The van der Waals surface area contributed by atoms with Gasteiger partial charge in [0.2, 0.25) is 11.7 Å². The van der Waals surface area contributed by atoms with Gasteiger partial charge in [-0.05, 0) is 18.2 Å². The second-order valence-electron chi connectivity index (χ2n) is 3.06. The third-order valence-electron chi connectivity index (χ3n) is 2.06. The Labute approximate surface area is 97.2 Å². The summed E-state index contributed by atoms with van der Waals surface area (Å²) >= 11 is 6.06. The van der Waals surface area contributed by atoms with Crippen molar-refractivity contribution in [3.05, 3.63) is 29.1 Å². The number of methoxy groups -OCH3 is 1. The molecule has 2 N–H and O–H groups in total. The summed E-state index contributed by atoms with van der Waals surface area (Å²) in [5, 5.41) is 4.29. The Morgan fingerprint density at radius 2 is 2.31 bits per heavy atom. The summed E-state index contributed by atoms with van der Waals surface area (Å²) in [5.41, 5.74) is 6.06. The van der Waals surface area contributed by atoms with Gasteiger partial charge in [0.15, 0.2) is 0 Å². The highest BCUT2D eigenvalue weighted by molar-refractivity contribution is 6.33. The van der Waals surface area contributed by atoms with Crippen molar-refractivity contribution < 1.29 is 9.26 Å². The van der Waals surface area contributed by atoms with Gasteiger partial charge in [-0.3, -0.25) is 0 Å². The Morgan fingerprint density at radius 3 is 2.88 bits per heavy atom. The molecule has 0 amide bonds. The second kappa shape index (κ2) is 4.51. The Balaban J connectivity index is 2.40. The molecule has 1 heterocycles. The van der Waals surface area contributed by atoms with Gasteiger partial charge in [-0.25, -0.2) is 0 Å². The van der Waals surface area contributed by atoms with Crippen molar-refractivity contribution in [2.45, 2.75) is 6.54 Å². The van der Waals surface area contributed by atoms with E-state index in [-0.39, 0.29) is 6.54 Å². The molecule has 0 radical (unpaired) electrons. The van der Waals surface area contributed by atoms with Crippen LogP contribution < -0.4 is 10.5 Å². The van der Waals surface area contributed by atoms with Gasteiger partial charge < -0.3 is 15.0 Å². The topological polar surface area (TPSA) is 74.2 Å². The van der Waals surface area contributed by atoms with Crippen LogP contribution in [-0.4, -0.2) is 17.3 Å². The molecule has 0 aliphatic rings. The van der Waals surface area contributed by atoms with E-state index in [2.05, 4.69) is 10.1 Å². The third kappa shape index (κ3) is 2.00. The molecule has 16 heavy (non-hydrogen) atoms. The molecule has 2 aromatic rings. The molecule has 0 bridgehead atoms. The molecule has 2 rings (SSSR count). The van der Waals surface area contributed by atoms with Gasteiger partial charge in [0.05, 0.1) is 18.7 Å². The van der Waals surface area contributed by atoms with Crippen molar-refractivity contribution in [1.29, 1.82) is 0 Å². The number of nitrogens with zero attached hydrogens (tertiary/aromatic N) is 2. The van der Waals surface area contributed by atoms with Gasteiger partial charge in [0.1, 0.15) is 5.75 Å². The van der Waals surface area contributed by atoms with Gasteiger partial charge in [0.25, 0.3) is 0 Å². The summed E-state index contributed by atoms with van der Waals surface area (Å²) in [4.78, 5) is 4.09. The number of halogens is 1. The molecule has 0 fully saturated rings. The normalized spacial score (nSPS) is 10.4. The van der Waals surface area contributed by atoms with Crippen LogP contribution in [0.15, 0.2) is 22.7 Å². The number of hydrogen-bond donors (Lipinski definition) is 1. The third-order valence-corrected chi connectivity index (χ3v) is 2.37. The van der Waals surface area contributed by atoms with E-state index >= 15 is 0 Å². The van der Waals surface area contributed by atoms with E-state index in [1.54, 1.807) is 25.3 Å². The molecule has 0 aliphatic carbocycles. The summed E-state index contributed by atoms with van der Waals surface area (Å²) in [7, 11) is 1.58. The largest absolute Gasteiger partial charge is 0.497 e. The van der Waals surface area contributed by atoms with E-state index in [9.17, 15) is 0 Å². The molecule has 0 spiro atoms. The Morgan fingerprint density at radius 1 is 1.50 bits per heavy atom. The first-order valence-electron chi connectivity index (χ1n) is 4.61. The molecule has 0 saturated carbocycles. The minimum Gasteiger partial charge on any atom is -0.497 e. The summed E-state index contributed by atoms with van der Waals surface area (Å²) in [6.07, 6.45) is 0. The molecule has 0 aliphatic heterocycles. The molecule has 6 heteroatoms. The van der Waals surface area contributed by atoms with E-state index in [4.69, 9.17) is 26.6 Å². The van der Waals surface area contributed by atoms with E-state index in [1.165, 1.54) is 0 Å². The lowest BCUT2D eigenvalue weighted by molar-refractivity contribution is 0.380. The lowest BCUT2D eigenvalue weighted by atomic mass is 10.2. The van der Waals surface area contributed by atoms with Crippen molar-refractivity contribution in [2.24, 2.45) is 5.73 Å². The van der Waals surface area contributed by atoms with E-state index in [1.807, 2.05) is 0 Å². The van der Waals surface area contributed by atoms with Gasteiger partial charge in [0, 0.05) is 5.56 Å². The zero-order valence-corrected chi connectivity index (χ0v) is 9.36. The minimum absolute atomic E-state index is 0.209. The average molecular weight is 240 g/mol. The smallest absolute Gasteiger partial charge is 0.240 e. The maximum atomic E-state index is 6.06. The van der Waals surface area contributed by atoms with Gasteiger partial charge in [-0.2, -0.15) is 4.98 Å². The van der Waals surface area contributed by atoms with Crippen LogP contribution in [0.4, 0.5) is 0 Å². The number of nitrogens with two attached hydrogens (primary N) is 1. The van der Waals surface area contributed by atoms with Crippen LogP contribution in [0.25, 0.3) is 11.4 Å². The molecular weight excluding hydrogens is 230 g/mol. The molecule has 1 aromatic heterocycles. The number of benzene rings is 1. The van der Waals surface area contributed by atoms with Crippen LogP contribution >= 0.6 is 11.6 Å². The number of aromatic nitrogens is 2. The van der Waals surface area contributed by atoms with E-state index in [0.717, 1.165) is 0 Å². The summed E-state index contributed by atoms with van der Waals surface area (Å²) < 4.78 is 9.95. The van der Waals surface area contributed by atoms with Gasteiger partial charge in [-0.1, -0.05) is 16.8 Å². The molecule has 84 valence electrons. The summed E-state index contributed by atoms with van der Waals surface area (Å²) in [5.74, 6) is 1.48. The predicted molar refractivity (Wildman–Crippen MR) is 59.2 cm³/mol. The van der Waals surface area contributed by atoms with Gasteiger partial charge in [-0.15, -0.1) is 0 Å². The summed E-state index contributed by atoms with van der Waals surface area (Å²) in [6.45, 7) is 0.209. The fourth-order valence-corrected chi connectivity index (χ4v) is 1.51. The fourth-order valence-electron chi connectivity index (χ4n) is 1.25. The highest BCUT2D eigenvalue weighted by atomic mass is 35.5. The Hall–Kier alpha value is -1.59. The molecule has 0 unspecified atom stereocenters. The van der Waals surface area contributed by atoms with Crippen molar-refractivity contribution in [2.75, 3.05) is 7.11 Å². The molecule has 0 atom stereocenters. The monoisotopic (exact) mass is 239 g/mol. The highest BCUT2D eigenvalue weighted by Gasteiger charge is 2.11. The first-order chi connectivity index (χ1) is 7.74. The number of hydrogen-bond acceptors (Lipinski definition) is 5. The van der Waals surface area contributed by atoms with Gasteiger partial charge >= 0.3 is 0 Å². The van der Waals surface area contributed by atoms with Crippen LogP contribution in [0.3, 0.4) is 0 Å². The van der Waals surface area contributed by atoms with Crippen LogP contribution in [0.1, 0.15) is 5.89 Å². The van der Waals surface area contributed by atoms with Crippen molar-refractivity contribution >= 4 is 11.6 Å². The zero-order chi connectivity index (χ0) is 11.5. The quantitative estimate of drug-likeness (QED) is 0.885. The maximum Gasteiger partial charge on any atom is 0.240 e. The van der Waals surface area contributed by atoms with Crippen LogP contribution in [0.5, 0.6) is 5.75 Å². The van der Waals surface area contributed by atoms with Crippen LogP contribution in [-0.2, 0) is 6.54 Å². The van der Waals surface area contributed by atoms with Crippen LogP contribution in [0.2, 0.25) is 5.02 Å². The maximum absolute atomic E-state index is 6.06. The SMILES string of the molecule is COc1ccc(-c2noc(CN)n2)c(Cl)c1. The first kappa shape index (κ1) is 10.9. The standard InChI is InChI=1S/C10H10ClN3O2/c1-15-6-2-3-7(8(11)4-6)10-13-9(5-12)16-14-10/h2-4H,5,12H2,1H3. The summed E-state index contributed by atoms with van der Waals surface area (Å²) in [6, 6.07) is 5.24. The molecule has 5 nitrogen and oxygen atoms in total. The highest BCUT2D eigenvalue weighted by Crippen LogP contribution is 2.29. The van der Waals surface area contributed by atoms with Crippen molar-refractivity contribution in [3.63, 3.8) is 0 Å². The molecule has 1 aromatic carbocycles. The van der Waals surface area contributed by atoms with Crippen molar-refractivity contribution in [3.8, 4) is 17.1 Å². The average Bonchev–Trinajstić information content (AvgIpc) is 2.77. The van der Waals surface area contributed by atoms with Crippen LogP contribution in [0, 0.1) is 0 Å². The minimum atomic E-state index is 0.209.